The summed E-state index contributed by atoms with van der Waals surface area (Å²) in [6.45, 7) is 2.62. The second kappa shape index (κ2) is 8.71. The highest BCUT2D eigenvalue weighted by atomic mass is 16.5. The molecule has 0 radical (unpaired) electrons. The molecule has 1 heterocycles. The van der Waals surface area contributed by atoms with E-state index < -0.39 is 11.9 Å². The van der Waals surface area contributed by atoms with Gasteiger partial charge in [0.25, 0.3) is 11.8 Å². The number of hydroxylamine groups is 1. The van der Waals surface area contributed by atoms with Gasteiger partial charge in [-0.3, -0.25) is 14.8 Å². The van der Waals surface area contributed by atoms with E-state index in [1.807, 2.05) is 6.07 Å². The van der Waals surface area contributed by atoms with E-state index in [2.05, 4.69) is 6.92 Å². The predicted molar refractivity (Wildman–Crippen MR) is 92.1 cm³/mol. The van der Waals surface area contributed by atoms with Crippen LogP contribution in [0.15, 0.2) is 12.1 Å². The summed E-state index contributed by atoms with van der Waals surface area (Å²) in [6, 6.07) is 2.82. The number of nitrogens with zero attached hydrogens (tertiary/aromatic N) is 1. The van der Waals surface area contributed by atoms with Crippen LogP contribution in [0.2, 0.25) is 0 Å². The van der Waals surface area contributed by atoms with E-state index in [9.17, 15) is 9.59 Å². The third kappa shape index (κ3) is 4.04. The van der Waals surface area contributed by atoms with E-state index in [0.29, 0.717) is 30.0 Å². The number of nitrogens with one attached hydrogen (secondary N) is 1. The molecule has 1 aliphatic heterocycles. The van der Waals surface area contributed by atoms with Gasteiger partial charge in [-0.15, -0.1) is 0 Å². The molecule has 7 nitrogen and oxygen atoms in total. The molecule has 0 aliphatic carbocycles. The van der Waals surface area contributed by atoms with Gasteiger partial charge in [-0.2, -0.15) is 0 Å². The monoisotopic (exact) mass is 350 g/mol. The number of ether oxygens (including phenoxy) is 2. The Balaban J connectivity index is 2.29. The number of unbranched alkanes of at least 4 members (excludes halogenated alkanes) is 2. The van der Waals surface area contributed by atoms with E-state index in [1.165, 1.54) is 12.0 Å². The lowest BCUT2D eigenvalue weighted by Crippen LogP contribution is -2.57. The number of hydrogen-bond donors (Lipinski definition) is 2. The van der Waals surface area contributed by atoms with Crippen LogP contribution >= 0.6 is 0 Å². The van der Waals surface area contributed by atoms with Crippen LogP contribution in [-0.2, 0) is 11.2 Å². The van der Waals surface area contributed by atoms with Gasteiger partial charge in [-0.1, -0.05) is 19.8 Å². The maximum atomic E-state index is 12.8. The number of aryl methyl sites for hydroxylation is 1. The molecule has 1 unspecified atom stereocenters. The van der Waals surface area contributed by atoms with Crippen molar-refractivity contribution >= 4 is 11.8 Å². The topological polar surface area (TPSA) is 88.1 Å². The Morgan fingerprint density at radius 1 is 1.28 bits per heavy atom. The van der Waals surface area contributed by atoms with Gasteiger partial charge in [0, 0.05) is 12.1 Å². The van der Waals surface area contributed by atoms with E-state index in [0.717, 1.165) is 31.2 Å². The summed E-state index contributed by atoms with van der Waals surface area (Å²) in [7, 11) is 3.12. The molecule has 1 fully saturated rings. The van der Waals surface area contributed by atoms with Crippen molar-refractivity contribution in [2.75, 3.05) is 20.8 Å². The standard InChI is InChI=1S/C18H26N2O5/c1-4-5-6-7-12-10-13(11-15(24-2)16(12)25-3)18(22)20-9-8-14(20)17(21)19-23/h10-11,14,23H,4-9H2,1-3H3,(H,19,21). The zero-order valence-electron chi connectivity index (χ0n) is 15.0. The van der Waals surface area contributed by atoms with Gasteiger partial charge in [-0.05, 0) is 37.0 Å². The number of benzene rings is 1. The lowest BCUT2D eigenvalue weighted by molar-refractivity contribution is -0.137. The van der Waals surface area contributed by atoms with Crippen LogP contribution in [0.3, 0.4) is 0 Å². The van der Waals surface area contributed by atoms with E-state index >= 15 is 0 Å². The van der Waals surface area contributed by atoms with E-state index in [1.54, 1.807) is 18.7 Å². The van der Waals surface area contributed by atoms with Crippen LogP contribution in [0.5, 0.6) is 11.5 Å². The molecule has 1 atom stereocenters. The molecule has 1 aromatic carbocycles. The first-order valence-electron chi connectivity index (χ1n) is 8.57. The second-order valence-corrected chi connectivity index (χ2v) is 6.11. The van der Waals surface area contributed by atoms with Crippen LogP contribution in [-0.4, -0.2) is 48.7 Å². The van der Waals surface area contributed by atoms with Crippen LogP contribution in [0.1, 0.15) is 48.5 Å². The molecule has 1 aromatic rings. The van der Waals surface area contributed by atoms with Gasteiger partial charge >= 0.3 is 0 Å². The predicted octanol–water partition coefficient (Wildman–Crippen LogP) is 2.16. The molecule has 0 bridgehead atoms. The summed E-state index contributed by atoms with van der Waals surface area (Å²) in [6.07, 6.45) is 4.51. The highest BCUT2D eigenvalue weighted by molar-refractivity contribution is 5.99. The molecule has 138 valence electrons. The Bertz CT molecular complexity index is 632. The Labute approximate surface area is 147 Å². The van der Waals surface area contributed by atoms with Crippen molar-refractivity contribution in [2.45, 2.75) is 45.1 Å². The first-order chi connectivity index (χ1) is 12.1. The SMILES string of the molecule is CCCCCc1cc(C(=O)N2CCC2C(=O)NO)cc(OC)c1OC. The maximum absolute atomic E-state index is 12.8. The molecule has 2 amide bonds. The van der Waals surface area contributed by atoms with E-state index in [4.69, 9.17) is 14.7 Å². The average molecular weight is 350 g/mol. The van der Waals surface area contributed by atoms with Crippen LogP contribution in [0.25, 0.3) is 0 Å². The summed E-state index contributed by atoms with van der Waals surface area (Å²) in [4.78, 5) is 25.8. The molecule has 1 saturated heterocycles. The summed E-state index contributed by atoms with van der Waals surface area (Å²) in [5.41, 5.74) is 2.99. The lowest BCUT2D eigenvalue weighted by atomic mass is 9.98. The normalized spacial score (nSPS) is 16.2. The molecule has 7 heteroatoms. The second-order valence-electron chi connectivity index (χ2n) is 6.11. The Hall–Kier alpha value is -2.28. The number of carbonyl (C=O) groups is 2. The number of methoxy groups -OCH3 is 2. The molecule has 0 aromatic heterocycles. The fraction of sp³-hybridized carbons (Fsp3) is 0.556. The largest absolute Gasteiger partial charge is 0.493 e. The van der Waals surface area contributed by atoms with Gasteiger partial charge < -0.3 is 14.4 Å². The van der Waals surface area contributed by atoms with Crippen molar-refractivity contribution in [3.05, 3.63) is 23.3 Å². The van der Waals surface area contributed by atoms with Crippen LogP contribution in [0.4, 0.5) is 0 Å². The molecule has 25 heavy (non-hydrogen) atoms. The number of hydrogen-bond acceptors (Lipinski definition) is 5. The molecule has 0 saturated carbocycles. The van der Waals surface area contributed by atoms with Crippen molar-refractivity contribution in [2.24, 2.45) is 0 Å². The van der Waals surface area contributed by atoms with Gasteiger partial charge in [0.05, 0.1) is 14.2 Å². The zero-order valence-corrected chi connectivity index (χ0v) is 15.0. The van der Waals surface area contributed by atoms with Crippen molar-refractivity contribution < 1.29 is 24.3 Å². The van der Waals surface area contributed by atoms with Crippen LogP contribution < -0.4 is 15.0 Å². The molecule has 2 N–H and O–H groups in total. The third-order valence-electron chi connectivity index (χ3n) is 4.55. The Kier molecular flexibility index (Phi) is 6.64. The molecule has 0 spiro atoms. The molecule has 2 rings (SSSR count). The molecular weight excluding hydrogens is 324 g/mol. The first-order valence-corrected chi connectivity index (χ1v) is 8.57. The fourth-order valence-electron chi connectivity index (χ4n) is 3.06. The number of carbonyl (C=O) groups excluding carboxylic acids is 2. The van der Waals surface area contributed by atoms with Crippen LogP contribution in [0, 0.1) is 0 Å². The summed E-state index contributed by atoms with van der Waals surface area (Å²) in [5, 5.41) is 8.78. The number of amides is 2. The zero-order chi connectivity index (χ0) is 18.4. The van der Waals surface area contributed by atoms with Gasteiger partial charge in [0.2, 0.25) is 0 Å². The van der Waals surface area contributed by atoms with Crippen molar-refractivity contribution in [1.82, 2.24) is 10.4 Å². The van der Waals surface area contributed by atoms with Gasteiger partial charge in [-0.25, -0.2) is 5.48 Å². The van der Waals surface area contributed by atoms with Crippen molar-refractivity contribution in [3.63, 3.8) is 0 Å². The minimum atomic E-state index is -0.630. The minimum absolute atomic E-state index is 0.252. The maximum Gasteiger partial charge on any atom is 0.266 e. The number of likely N-dealkylation sites (tertiary alicyclic amines) is 1. The quantitative estimate of drug-likeness (QED) is 0.426. The highest BCUT2D eigenvalue weighted by Gasteiger charge is 2.38. The first kappa shape index (κ1) is 19.1. The average Bonchev–Trinajstić information content (AvgIpc) is 2.59. The van der Waals surface area contributed by atoms with Gasteiger partial charge in [0.1, 0.15) is 6.04 Å². The summed E-state index contributed by atoms with van der Waals surface area (Å²) in [5.74, 6) is 0.327. The highest BCUT2D eigenvalue weighted by Crippen LogP contribution is 2.35. The third-order valence-corrected chi connectivity index (χ3v) is 4.55. The molecule has 1 aliphatic rings. The Morgan fingerprint density at radius 3 is 2.56 bits per heavy atom. The van der Waals surface area contributed by atoms with Crippen molar-refractivity contribution in [1.29, 1.82) is 0 Å². The number of rotatable bonds is 8. The lowest BCUT2D eigenvalue weighted by Gasteiger charge is -2.39. The summed E-state index contributed by atoms with van der Waals surface area (Å²) >= 11 is 0. The summed E-state index contributed by atoms with van der Waals surface area (Å²) < 4.78 is 10.8. The molecular formula is C18H26N2O5. The van der Waals surface area contributed by atoms with Gasteiger partial charge in [0.15, 0.2) is 11.5 Å². The smallest absolute Gasteiger partial charge is 0.266 e. The Morgan fingerprint density at radius 2 is 2.04 bits per heavy atom. The minimum Gasteiger partial charge on any atom is -0.493 e. The van der Waals surface area contributed by atoms with Crippen molar-refractivity contribution in [3.8, 4) is 11.5 Å². The van der Waals surface area contributed by atoms with E-state index in [-0.39, 0.29) is 5.91 Å². The fourth-order valence-corrected chi connectivity index (χ4v) is 3.06.